The van der Waals surface area contributed by atoms with E-state index in [-0.39, 0.29) is 31.4 Å². The van der Waals surface area contributed by atoms with Crippen LogP contribution in [0, 0.1) is 13.8 Å². The predicted octanol–water partition coefficient (Wildman–Crippen LogP) is -0.271. The predicted molar refractivity (Wildman–Crippen MR) is 74.5 cm³/mol. The third kappa shape index (κ3) is 3.21. The Balaban J connectivity index is 1.86. The maximum atomic E-state index is 12.1. The Kier molecular flexibility index (Phi) is 4.25. The van der Waals surface area contributed by atoms with Gasteiger partial charge in [0.2, 0.25) is 11.8 Å². The molecule has 0 saturated carbocycles. The molecule has 114 valence electrons. The topological polar surface area (TPSA) is 96.3 Å². The minimum atomic E-state index is -0.443. The molecule has 0 aliphatic carbocycles. The molecule has 2 N–H and O–H groups in total. The number of aromatic nitrogens is 2. The Hall–Kier alpha value is -2.38. The van der Waals surface area contributed by atoms with Gasteiger partial charge in [0, 0.05) is 18.8 Å². The van der Waals surface area contributed by atoms with E-state index in [2.05, 4.69) is 15.7 Å². The van der Waals surface area contributed by atoms with Crippen LogP contribution in [0.4, 0.5) is 4.79 Å². The van der Waals surface area contributed by atoms with Gasteiger partial charge in [-0.15, -0.1) is 0 Å². The van der Waals surface area contributed by atoms with Crippen LogP contribution in [0.5, 0.6) is 0 Å². The van der Waals surface area contributed by atoms with Crippen molar-refractivity contribution in [3.63, 3.8) is 0 Å². The van der Waals surface area contributed by atoms with Crippen LogP contribution < -0.4 is 10.6 Å². The van der Waals surface area contributed by atoms with E-state index >= 15 is 0 Å². The fourth-order valence-corrected chi connectivity index (χ4v) is 2.27. The number of hydrogen-bond donors (Lipinski definition) is 2. The molecule has 8 nitrogen and oxygen atoms in total. The molecule has 2 rings (SSSR count). The monoisotopic (exact) mass is 293 g/mol. The van der Waals surface area contributed by atoms with Gasteiger partial charge in [-0.1, -0.05) is 0 Å². The van der Waals surface area contributed by atoms with Gasteiger partial charge in [0.25, 0.3) is 0 Å². The van der Waals surface area contributed by atoms with E-state index in [0.29, 0.717) is 0 Å². The van der Waals surface area contributed by atoms with Gasteiger partial charge >= 0.3 is 6.03 Å². The maximum Gasteiger partial charge on any atom is 0.324 e. The summed E-state index contributed by atoms with van der Waals surface area (Å²) < 4.78 is 1.65. The van der Waals surface area contributed by atoms with Crippen molar-refractivity contribution in [2.45, 2.75) is 26.8 Å². The zero-order valence-corrected chi connectivity index (χ0v) is 12.3. The van der Waals surface area contributed by atoms with E-state index in [1.54, 1.807) is 11.6 Å². The third-order valence-corrected chi connectivity index (χ3v) is 3.36. The normalized spacial score (nSPS) is 16.0. The van der Waals surface area contributed by atoms with Gasteiger partial charge in [0.05, 0.1) is 12.2 Å². The molecule has 1 fully saturated rings. The highest BCUT2D eigenvalue weighted by Crippen LogP contribution is 2.10. The SMILES string of the molecule is Cc1cc(C)n(C(C)C(=O)NCCN2C(=O)CNC2=O)n1. The van der Waals surface area contributed by atoms with E-state index in [1.165, 1.54) is 0 Å². The number of nitrogens with one attached hydrogen (secondary N) is 2. The van der Waals surface area contributed by atoms with Gasteiger partial charge in [-0.25, -0.2) is 4.79 Å². The van der Waals surface area contributed by atoms with Gasteiger partial charge in [0.15, 0.2) is 0 Å². The Labute approximate surface area is 122 Å². The molecule has 0 spiro atoms. The molecule has 1 aromatic heterocycles. The van der Waals surface area contributed by atoms with E-state index < -0.39 is 12.1 Å². The molecule has 0 radical (unpaired) electrons. The molecular weight excluding hydrogens is 274 g/mol. The number of carbonyl (C=O) groups excluding carboxylic acids is 3. The summed E-state index contributed by atoms with van der Waals surface area (Å²) in [7, 11) is 0. The fraction of sp³-hybridized carbons (Fsp3) is 0.538. The summed E-state index contributed by atoms with van der Waals surface area (Å²) >= 11 is 0. The second-order valence-corrected chi connectivity index (χ2v) is 5.04. The van der Waals surface area contributed by atoms with Crippen molar-refractivity contribution in [2.75, 3.05) is 19.6 Å². The fourth-order valence-electron chi connectivity index (χ4n) is 2.27. The third-order valence-electron chi connectivity index (χ3n) is 3.36. The Bertz CT molecular complexity index is 564. The minimum Gasteiger partial charge on any atom is -0.352 e. The number of nitrogens with zero attached hydrogens (tertiary/aromatic N) is 3. The summed E-state index contributed by atoms with van der Waals surface area (Å²) in [6.07, 6.45) is 0. The summed E-state index contributed by atoms with van der Waals surface area (Å²) in [5.41, 5.74) is 1.76. The summed E-state index contributed by atoms with van der Waals surface area (Å²) in [4.78, 5) is 35.9. The first kappa shape index (κ1) is 15.0. The van der Waals surface area contributed by atoms with E-state index in [1.807, 2.05) is 19.9 Å². The summed E-state index contributed by atoms with van der Waals surface area (Å²) in [5.74, 6) is -0.478. The molecule has 1 aromatic rings. The van der Waals surface area contributed by atoms with Crippen LogP contribution in [-0.2, 0) is 9.59 Å². The smallest absolute Gasteiger partial charge is 0.324 e. The molecule has 1 unspecified atom stereocenters. The van der Waals surface area contributed by atoms with Crippen LogP contribution in [0.25, 0.3) is 0 Å². The lowest BCUT2D eigenvalue weighted by molar-refractivity contribution is -0.126. The van der Waals surface area contributed by atoms with Crippen LogP contribution in [0.15, 0.2) is 6.07 Å². The molecule has 1 aliphatic rings. The number of aryl methyl sites for hydroxylation is 2. The van der Waals surface area contributed by atoms with Crippen LogP contribution in [0.3, 0.4) is 0 Å². The highest BCUT2D eigenvalue weighted by molar-refractivity contribution is 6.01. The minimum absolute atomic E-state index is 0.0228. The van der Waals surface area contributed by atoms with Crippen LogP contribution >= 0.6 is 0 Å². The van der Waals surface area contributed by atoms with Crippen molar-refractivity contribution in [3.05, 3.63) is 17.5 Å². The van der Waals surface area contributed by atoms with Crippen molar-refractivity contribution in [1.82, 2.24) is 25.3 Å². The van der Waals surface area contributed by atoms with Crippen molar-refractivity contribution < 1.29 is 14.4 Å². The van der Waals surface area contributed by atoms with Gasteiger partial charge < -0.3 is 10.6 Å². The van der Waals surface area contributed by atoms with E-state index in [0.717, 1.165) is 16.3 Å². The molecule has 1 saturated heterocycles. The molecular formula is C13H19N5O3. The van der Waals surface area contributed by atoms with Gasteiger partial charge in [0.1, 0.15) is 6.04 Å². The highest BCUT2D eigenvalue weighted by atomic mass is 16.2. The first-order valence-corrected chi connectivity index (χ1v) is 6.79. The van der Waals surface area contributed by atoms with Crippen LogP contribution in [-0.4, -0.2) is 52.2 Å². The number of hydrogen-bond acceptors (Lipinski definition) is 4. The number of amides is 4. The molecule has 4 amide bonds. The van der Waals surface area contributed by atoms with Gasteiger partial charge in [-0.3, -0.25) is 19.2 Å². The molecule has 0 bridgehead atoms. The molecule has 2 heterocycles. The van der Waals surface area contributed by atoms with Crippen molar-refractivity contribution in [2.24, 2.45) is 0 Å². The molecule has 0 aromatic carbocycles. The number of carbonyl (C=O) groups is 3. The van der Waals surface area contributed by atoms with Crippen molar-refractivity contribution >= 4 is 17.8 Å². The zero-order chi connectivity index (χ0) is 15.6. The first-order chi connectivity index (χ1) is 9.90. The lowest BCUT2D eigenvalue weighted by Crippen LogP contribution is -2.40. The van der Waals surface area contributed by atoms with Crippen molar-refractivity contribution in [1.29, 1.82) is 0 Å². The van der Waals surface area contributed by atoms with Crippen LogP contribution in [0.1, 0.15) is 24.4 Å². The standard InChI is InChI=1S/C13H19N5O3/c1-8-6-9(2)18(16-8)10(3)12(20)14-4-5-17-11(19)7-15-13(17)21/h6,10H,4-5,7H2,1-3H3,(H,14,20)(H,15,21). The Morgan fingerprint density at radius 3 is 2.71 bits per heavy atom. The van der Waals surface area contributed by atoms with Gasteiger partial charge in [-0.05, 0) is 26.8 Å². The lowest BCUT2D eigenvalue weighted by atomic mass is 10.3. The van der Waals surface area contributed by atoms with E-state index in [9.17, 15) is 14.4 Å². The Morgan fingerprint density at radius 2 is 2.19 bits per heavy atom. The number of urea groups is 1. The molecule has 21 heavy (non-hydrogen) atoms. The van der Waals surface area contributed by atoms with Crippen LogP contribution in [0.2, 0.25) is 0 Å². The summed E-state index contributed by atoms with van der Waals surface area (Å²) in [5, 5.41) is 9.41. The molecule has 1 atom stereocenters. The Morgan fingerprint density at radius 1 is 1.48 bits per heavy atom. The average Bonchev–Trinajstić information content (AvgIpc) is 2.93. The van der Waals surface area contributed by atoms with Crippen molar-refractivity contribution in [3.8, 4) is 0 Å². The number of imide groups is 1. The molecule has 1 aliphatic heterocycles. The van der Waals surface area contributed by atoms with Gasteiger partial charge in [-0.2, -0.15) is 5.10 Å². The second kappa shape index (κ2) is 5.94. The summed E-state index contributed by atoms with van der Waals surface area (Å²) in [6, 6.07) is 1.04. The maximum absolute atomic E-state index is 12.1. The highest BCUT2D eigenvalue weighted by Gasteiger charge is 2.28. The van der Waals surface area contributed by atoms with E-state index in [4.69, 9.17) is 0 Å². The molecule has 8 heteroatoms. The lowest BCUT2D eigenvalue weighted by Gasteiger charge is -2.16. The largest absolute Gasteiger partial charge is 0.352 e. The summed E-state index contributed by atoms with van der Waals surface area (Å²) in [6.45, 7) is 5.92. The zero-order valence-electron chi connectivity index (χ0n) is 12.3. The average molecular weight is 293 g/mol. The number of rotatable bonds is 5. The first-order valence-electron chi connectivity index (χ1n) is 6.79. The quantitative estimate of drug-likeness (QED) is 0.730. The second-order valence-electron chi connectivity index (χ2n) is 5.04.